The highest BCUT2D eigenvalue weighted by atomic mass is 32.2. The summed E-state index contributed by atoms with van der Waals surface area (Å²) in [5.41, 5.74) is 0.878. The molecule has 2 aliphatic rings. The first kappa shape index (κ1) is 21.0. The highest BCUT2D eigenvalue weighted by molar-refractivity contribution is 8.00. The number of likely N-dealkylation sites (tertiary alicyclic amines) is 1. The number of hydrogen-bond acceptors (Lipinski definition) is 8. The van der Waals surface area contributed by atoms with Crippen molar-refractivity contribution in [3.63, 3.8) is 0 Å². The van der Waals surface area contributed by atoms with E-state index in [1.54, 1.807) is 41.4 Å². The molecule has 1 fully saturated rings. The van der Waals surface area contributed by atoms with Crippen molar-refractivity contribution in [3.05, 3.63) is 42.1 Å². The number of aromatic nitrogens is 1. The van der Waals surface area contributed by atoms with E-state index in [0.717, 1.165) is 18.2 Å². The fourth-order valence-electron chi connectivity index (χ4n) is 3.23. The van der Waals surface area contributed by atoms with Crippen LogP contribution in [-0.2, 0) is 14.3 Å². The number of fused-ring (bicyclic) bond motifs is 1. The van der Waals surface area contributed by atoms with Crippen LogP contribution in [0.4, 0.5) is 5.69 Å². The van der Waals surface area contributed by atoms with Gasteiger partial charge in [0.2, 0.25) is 18.6 Å². The van der Waals surface area contributed by atoms with Crippen molar-refractivity contribution in [2.75, 3.05) is 37.6 Å². The Hall–Kier alpha value is -3.27. The van der Waals surface area contributed by atoms with Crippen molar-refractivity contribution in [2.24, 2.45) is 0 Å². The third kappa shape index (κ3) is 5.26. The van der Waals surface area contributed by atoms with Crippen LogP contribution in [0.1, 0.15) is 23.2 Å². The Morgan fingerprint density at radius 2 is 2.10 bits per heavy atom. The molecule has 31 heavy (non-hydrogen) atoms. The van der Waals surface area contributed by atoms with Crippen molar-refractivity contribution in [1.29, 1.82) is 0 Å². The Bertz CT molecular complexity index is 999. The van der Waals surface area contributed by atoms with Crippen LogP contribution < -0.4 is 14.8 Å². The maximum atomic E-state index is 12.5. The molecule has 1 saturated heterocycles. The van der Waals surface area contributed by atoms with E-state index in [2.05, 4.69) is 10.3 Å². The second kappa shape index (κ2) is 9.69. The van der Waals surface area contributed by atoms with Gasteiger partial charge in [-0.05, 0) is 30.7 Å². The van der Waals surface area contributed by atoms with E-state index in [0.29, 0.717) is 41.7 Å². The molecule has 10 heteroatoms. The number of nitrogens with one attached hydrogen (secondary N) is 1. The van der Waals surface area contributed by atoms with Gasteiger partial charge in [0.1, 0.15) is 11.6 Å². The summed E-state index contributed by atoms with van der Waals surface area (Å²) in [6.07, 6.45) is 2.94. The number of benzene rings is 1. The molecular weight excluding hydrogens is 422 g/mol. The lowest BCUT2D eigenvalue weighted by Gasteiger charge is -2.15. The van der Waals surface area contributed by atoms with Gasteiger partial charge >= 0.3 is 5.97 Å². The number of rotatable bonds is 8. The van der Waals surface area contributed by atoms with Gasteiger partial charge in [-0.25, -0.2) is 9.78 Å². The van der Waals surface area contributed by atoms with E-state index in [-0.39, 0.29) is 36.5 Å². The second-order valence-electron chi connectivity index (χ2n) is 6.88. The highest BCUT2D eigenvalue weighted by Gasteiger charge is 2.21. The minimum atomic E-state index is -0.529. The van der Waals surface area contributed by atoms with Crippen LogP contribution >= 0.6 is 11.8 Å². The number of anilines is 1. The quantitative estimate of drug-likeness (QED) is 0.489. The summed E-state index contributed by atoms with van der Waals surface area (Å²) in [7, 11) is 0. The average molecular weight is 443 g/mol. The lowest BCUT2D eigenvalue weighted by Crippen LogP contribution is -2.29. The molecule has 1 aromatic heterocycles. The fraction of sp³-hybridized carbons (Fsp3) is 0.333. The molecule has 0 saturated carbocycles. The molecule has 0 spiro atoms. The molecule has 4 rings (SSSR count). The highest BCUT2D eigenvalue weighted by Crippen LogP contribution is 2.34. The van der Waals surface area contributed by atoms with Gasteiger partial charge in [-0.3, -0.25) is 9.59 Å². The standard InChI is InChI=1S/C21H21N3O6S/c25-18(23-14-5-6-16-17(11-14)30-13-29-16)12-31-20-15(3-1-7-22-20)21(27)28-10-9-24-8-2-4-19(24)26/h1,3,5-7,11H,2,4,8-10,12-13H2,(H,23,25). The summed E-state index contributed by atoms with van der Waals surface area (Å²) in [4.78, 5) is 42.3. The number of hydrogen-bond donors (Lipinski definition) is 1. The molecule has 1 aromatic carbocycles. The monoisotopic (exact) mass is 443 g/mol. The zero-order chi connectivity index (χ0) is 21.6. The van der Waals surface area contributed by atoms with Crippen molar-refractivity contribution in [1.82, 2.24) is 9.88 Å². The number of carbonyl (C=O) groups excluding carboxylic acids is 3. The first-order valence-corrected chi connectivity index (χ1v) is 10.8. The molecule has 2 amide bonds. The fourth-order valence-corrected chi connectivity index (χ4v) is 4.02. The van der Waals surface area contributed by atoms with E-state index < -0.39 is 5.97 Å². The lowest BCUT2D eigenvalue weighted by atomic mass is 10.3. The maximum Gasteiger partial charge on any atom is 0.340 e. The Morgan fingerprint density at radius 3 is 2.94 bits per heavy atom. The molecule has 162 valence electrons. The van der Waals surface area contributed by atoms with E-state index in [1.165, 1.54) is 0 Å². The van der Waals surface area contributed by atoms with Gasteiger partial charge in [-0.15, -0.1) is 0 Å². The molecule has 3 heterocycles. The van der Waals surface area contributed by atoms with Crippen molar-refractivity contribution >= 4 is 35.2 Å². The molecule has 2 aromatic rings. The summed E-state index contributed by atoms with van der Waals surface area (Å²) in [5.74, 6) is 0.587. The number of pyridine rings is 1. The first-order chi connectivity index (χ1) is 15.1. The smallest absolute Gasteiger partial charge is 0.340 e. The van der Waals surface area contributed by atoms with Crippen LogP contribution in [0.3, 0.4) is 0 Å². The molecule has 0 bridgehead atoms. The normalized spacial score (nSPS) is 14.6. The predicted molar refractivity (Wildman–Crippen MR) is 112 cm³/mol. The zero-order valence-electron chi connectivity index (χ0n) is 16.7. The number of carbonyl (C=O) groups is 3. The van der Waals surface area contributed by atoms with Gasteiger partial charge < -0.3 is 24.4 Å². The van der Waals surface area contributed by atoms with E-state index >= 15 is 0 Å². The minimum absolute atomic E-state index is 0.0635. The molecule has 2 aliphatic heterocycles. The number of thioether (sulfide) groups is 1. The third-order valence-corrected chi connectivity index (χ3v) is 5.76. The molecule has 0 unspecified atom stereocenters. The maximum absolute atomic E-state index is 12.5. The van der Waals surface area contributed by atoms with Crippen molar-refractivity contribution in [2.45, 2.75) is 17.9 Å². The van der Waals surface area contributed by atoms with Crippen LogP contribution in [0.5, 0.6) is 11.5 Å². The van der Waals surface area contributed by atoms with Gasteiger partial charge in [0.05, 0.1) is 17.9 Å². The molecule has 9 nitrogen and oxygen atoms in total. The topological polar surface area (TPSA) is 107 Å². The lowest BCUT2D eigenvalue weighted by molar-refractivity contribution is -0.128. The largest absolute Gasteiger partial charge is 0.460 e. The Balaban J connectivity index is 1.29. The Morgan fingerprint density at radius 1 is 1.23 bits per heavy atom. The number of nitrogens with zero attached hydrogens (tertiary/aromatic N) is 2. The van der Waals surface area contributed by atoms with Crippen molar-refractivity contribution in [3.8, 4) is 11.5 Å². The van der Waals surface area contributed by atoms with Crippen molar-refractivity contribution < 1.29 is 28.6 Å². The molecule has 0 aliphatic carbocycles. The number of esters is 1. The van der Waals surface area contributed by atoms with Crippen LogP contribution in [0.2, 0.25) is 0 Å². The average Bonchev–Trinajstić information content (AvgIpc) is 3.41. The molecule has 0 radical (unpaired) electrons. The Kier molecular flexibility index (Phi) is 6.56. The molecule has 1 N–H and O–H groups in total. The summed E-state index contributed by atoms with van der Waals surface area (Å²) in [6.45, 7) is 1.36. The summed E-state index contributed by atoms with van der Waals surface area (Å²) >= 11 is 1.14. The summed E-state index contributed by atoms with van der Waals surface area (Å²) < 4.78 is 15.9. The van der Waals surface area contributed by atoms with Gasteiger partial charge in [-0.2, -0.15) is 0 Å². The zero-order valence-corrected chi connectivity index (χ0v) is 17.5. The molecular formula is C21H21N3O6S. The van der Waals surface area contributed by atoms with Crippen LogP contribution in [0.15, 0.2) is 41.6 Å². The summed E-state index contributed by atoms with van der Waals surface area (Å²) in [5, 5.41) is 3.19. The number of ether oxygens (including phenoxy) is 3. The Labute approximate surface area is 183 Å². The van der Waals surface area contributed by atoms with E-state index in [1.807, 2.05) is 0 Å². The SMILES string of the molecule is O=C(CSc1ncccc1C(=O)OCCN1CCCC1=O)Nc1ccc2c(c1)OCO2. The van der Waals surface area contributed by atoms with Crippen LogP contribution in [0.25, 0.3) is 0 Å². The molecule has 0 atom stereocenters. The van der Waals surface area contributed by atoms with Gasteiger partial charge in [0.15, 0.2) is 11.5 Å². The van der Waals surface area contributed by atoms with Gasteiger partial charge in [0.25, 0.3) is 0 Å². The van der Waals surface area contributed by atoms with E-state index in [9.17, 15) is 14.4 Å². The second-order valence-corrected chi connectivity index (χ2v) is 7.85. The summed E-state index contributed by atoms with van der Waals surface area (Å²) in [6, 6.07) is 8.39. The minimum Gasteiger partial charge on any atom is -0.460 e. The van der Waals surface area contributed by atoms with Gasteiger partial charge in [0, 0.05) is 30.9 Å². The predicted octanol–water partition coefficient (Wildman–Crippen LogP) is 2.32. The van der Waals surface area contributed by atoms with E-state index in [4.69, 9.17) is 14.2 Å². The van der Waals surface area contributed by atoms with Crippen LogP contribution in [-0.4, -0.2) is 59.9 Å². The van der Waals surface area contributed by atoms with Gasteiger partial charge in [-0.1, -0.05) is 11.8 Å². The van der Waals surface area contributed by atoms with Crippen LogP contribution in [0, 0.1) is 0 Å². The third-order valence-electron chi connectivity index (χ3n) is 4.75. The number of amides is 2. The first-order valence-electron chi connectivity index (χ1n) is 9.82.